The molecule has 0 aliphatic carbocycles. The van der Waals surface area contributed by atoms with E-state index in [-0.39, 0.29) is 12.3 Å². The Bertz CT molecular complexity index is 631. The van der Waals surface area contributed by atoms with Gasteiger partial charge >= 0.3 is 0 Å². The monoisotopic (exact) mass is 285 g/mol. The minimum Gasteiger partial charge on any atom is -0.490 e. The summed E-state index contributed by atoms with van der Waals surface area (Å²) in [5.74, 6) is 1.55. The second-order valence-electron chi connectivity index (χ2n) is 4.63. The third-order valence-corrected chi connectivity index (χ3v) is 2.99. The molecule has 6 heteroatoms. The fourth-order valence-electron chi connectivity index (χ4n) is 2.04. The van der Waals surface area contributed by atoms with E-state index in [9.17, 15) is 4.79 Å². The molecule has 0 spiro atoms. The molecule has 0 saturated heterocycles. The Morgan fingerprint density at radius 2 is 1.90 bits per heavy atom. The Morgan fingerprint density at radius 3 is 2.71 bits per heavy atom. The van der Waals surface area contributed by atoms with E-state index < -0.39 is 0 Å². The molecule has 0 atom stereocenters. The zero-order valence-electron chi connectivity index (χ0n) is 11.4. The smallest absolute Gasteiger partial charge is 0.231 e. The number of rotatable bonds is 3. The summed E-state index contributed by atoms with van der Waals surface area (Å²) in [6, 6.07) is 7.23. The van der Waals surface area contributed by atoms with Gasteiger partial charge in [-0.05, 0) is 23.8 Å². The van der Waals surface area contributed by atoms with Gasteiger partial charge in [0.15, 0.2) is 11.5 Å². The van der Waals surface area contributed by atoms with E-state index in [0.29, 0.717) is 24.9 Å². The number of carbonyl (C=O) groups excluding carboxylic acids is 1. The predicted octanol–water partition coefficient (Wildman–Crippen LogP) is 1.82. The lowest BCUT2D eigenvalue weighted by Gasteiger charge is -2.09. The van der Waals surface area contributed by atoms with Crippen molar-refractivity contribution in [2.75, 3.05) is 18.5 Å². The lowest BCUT2D eigenvalue weighted by Crippen LogP contribution is -2.16. The highest BCUT2D eigenvalue weighted by Gasteiger charge is 2.12. The Balaban J connectivity index is 1.67. The van der Waals surface area contributed by atoms with Gasteiger partial charge in [-0.1, -0.05) is 6.07 Å². The van der Waals surface area contributed by atoms with Gasteiger partial charge in [0, 0.05) is 18.8 Å². The van der Waals surface area contributed by atoms with Crippen molar-refractivity contribution in [1.29, 1.82) is 0 Å². The minimum absolute atomic E-state index is 0.171. The van der Waals surface area contributed by atoms with Crippen LogP contribution in [0.3, 0.4) is 0 Å². The first-order valence-electron chi connectivity index (χ1n) is 6.77. The van der Waals surface area contributed by atoms with Gasteiger partial charge in [0.05, 0.1) is 19.6 Å². The quantitative estimate of drug-likeness (QED) is 0.931. The van der Waals surface area contributed by atoms with Crippen LogP contribution >= 0.6 is 0 Å². The van der Waals surface area contributed by atoms with Crippen LogP contribution in [0.5, 0.6) is 11.5 Å². The second kappa shape index (κ2) is 6.21. The van der Waals surface area contributed by atoms with Gasteiger partial charge in [0.25, 0.3) is 0 Å². The first-order valence-corrected chi connectivity index (χ1v) is 6.77. The van der Waals surface area contributed by atoms with Crippen molar-refractivity contribution >= 4 is 11.9 Å². The predicted molar refractivity (Wildman–Crippen MR) is 76.4 cm³/mol. The van der Waals surface area contributed by atoms with Gasteiger partial charge in [-0.15, -0.1) is 0 Å². The molecule has 1 amide bonds. The molecular weight excluding hydrogens is 270 g/mol. The number of ether oxygens (including phenoxy) is 2. The molecule has 1 aliphatic heterocycles. The molecule has 1 aromatic heterocycles. The highest BCUT2D eigenvalue weighted by Crippen LogP contribution is 2.30. The van der Waals surface area contributed by atoms with E-state index in [0.717, 1.165) is 17.7 Å². The molecule has 0 unspecified atom stereocenters. The van der Waals surface area contributed by atoms with Crippen LogP contribution in [-0.2, 0) is 11.2 Å². The first-order chi connectivity index (χ1) is 10.3. The lowest BCUT2D eigenvalue weighted by molar-refractivity contribution is -0.115. The first kappa shape index (κ1) is 13.4. The molecule has 0 bridgehead atoms. The number of aromatic nitrogens is 2. The van der Waals surface area contributed by atoms with E-state index in [1.54, 1.807) is 18.5 Å². The Kier molecular flexibility index (Phi) is 3.95. The summed E-state index contributed by atoms with van der Waals surface area (Å²) in [5.41, 5.74) is 0.854. The van der Waals surface area contributed by atoms with Crippen molar-refractivity contribution in [2.24, 2.45) is 0 Å². The van der Waals surface area contributed by atoms with Crippen LogP contribution in [0.15, 0.2) is 36.7 Å². The van der Waals surface area contributed by atoms with Crippen LogP contribution in [0.2, 0.25) is 0 Å². The summed E-state index contributed by atoms with van der Waals surface area (Å²) in [6.45, 7) is 1.28. The fourth-order valence-corrected chi connectivity index (χ4v) is 2.04. The van der Waals surface area contributed by atoms with Crippen LogP contribution in [0.1, 0.15) is 12.0 Å². The van der Waals surface area contributed by atoms with Gasteiger partial charge in [-0.25, -0.2) is 9.97 Å². The summed E-state index contributed by atoms with van der Waals surface area (Å²) in [5, 5.41) is 2.65. The molecule has 2 heterocycles. The average Bonchev–Trinajstić information content (AvgIpc) is 2.73. The van der Waals surface area contributed by atoms with Crippen LogP contribution in [0.25, 0.3) is 0 Å². The summed E-state index contributed by atoms with van der Waals surface area (Å²) < 4.78 is 11.2. The standard InChI is InChI=1S/C15H15N3O3/c19-14(18-15-16-5-1-6-17-15)10-11-3-4-12-13(9-11)21-8-2-7-20-12/h1,3-6,9H,2,7-8,10H2,(H,16,17,18,19). The number of anilines is 1. The van der Waals surface area contributed by atoms with E-state index in [1.807, 2.05) is 18.2 Å². The Hall–Kier alpha value is -2.63. The number of nitrogens with one attached hydrogen (secondary N) is 1. The largest absolute Gasteiger partial charge is 0.490 e. The normalized spacial score (nSPS) is 13.3. The molecule has 108 valence electrons. The summed E-state index contributed by atoms with van der Waals surface area (Å²) in [4.78, 5) is 19.9. The van der Waals surface area contributed by atoms with Gasteiger partial charge < -0.3 is 9.47 Å². The summed E-state index contributed by atoms with van der Waals surface area (Å²) in [6.07, 6.45) is 4.25. The van der Waals surface area contributed by atoms with Crippen LogP contribution in [-0.4, -0.2) is 29.1 Å². The van der Waals surface area contributed by atoms with Gasteiger partial charge in [-0.3, -0.25) is 10.1 Å². The molecule has 3 rings (SSSR count). The maximum Gasteiger partial charge on any atom is 0.231 e. The Morgan fingerprint density at radius 1 is 1.14 bits per heavy atom. The van der Waals surface area contributed by atoms with Crippen LogP contribution in [0.4, 0.5) is 5.95 Å². The maximum absolute atomic E-state index is 12.0. The van der Waals surface area contributed by atoms with Crippen molar-refractivity contribution in [3.05, 3.63) is 42.2 Å². The van der Waals surface area contributed by atoms with E-state index in [1.165, 1.54) is 0 Å². The molecule has 1 N–H and O–H groups in total. The van der Waals surface area contributed by atoms with Crippen molar-refractivity contribution in [2.45, 2.75) is 12.8 Å². The van der Waals surface area contributed by atoms with E-state index in [4.69, 9.17) is 9.47 Å². The SMILES string of the molecule is O=C(Cc1ccc2c(c1)OCCCO2)Nc1ncccn1. The third-order valence-electron chi connectivity index (χ3n) is 2.99. The van der Waals surface area contributed by atoms with Crippen LogP contribution < -0.4 is 14.8 Å². The number of nitrogens with zero attached hydrogens (tertiary/aromatic N) is 2. The van der Waals surface area contributed by atoms with Gasteiger partial charge in [-0.2, -0.15) is 0 Å². The Labute approximate surface area is 122 Å². The number of hydrogen-bond acceptors (Lipinski definition) is 5. The molecule has 0 radical (unpaired) electrons. The third kappa shape index (κ3) is 3.47. The topological polar surface area (TPSA) is 73.3 Å². The highest BCUT2D eigenvalue weighted by molar-refractivity contribution is 5.90. The van der Waals surface area contributed by atoms with Crippen molar-refractivity contribution in [3.8, 4) is 11.5 Å². The maximum atomic E-state index is 12.0. The van der Waals surface area contributed by atoms with Gasteiger partial charge in [0.2, 0.25) is 11.9 Å². The number of fused-ring (bicyclic) bond motifs is 1. The second-order valence-corrected chi connectivity index (χ2v) is 4.63. The lowest BCUT2D eigenvalue weighted by atomic mass is 10.1. The number of benzene rings is 1. The molecule has 1 aliphatic rings. The molecule has 6 nitrogen and oxygen atoms in total. The number of hydrogen-bond donors (Lipinski definition) is 1. The highest BCUT2D eigenvalue weighted by atomic mass is 16.5. The van der Waals surface area contributed by atoms with Crippen molar-refractivity contribution in [1.82, 2.24) is 9.97 Å². The summed E-state index contributed by atoms with van der Waals surface area (Å²) >= 11 is 0. The number of amides is 1. The molecule has 1 aromatic carbocycles. The molecule has 0 fully saturated rings. The van der Waals surface area contributed by atoms with Crippen molar-refractivity contribution in [3.63, 3.8) is 0 Å². The molecule has 2 aromatic rings. The molecular formula is C15H15N3O3. The van der Waals surface area contributed by atoms with Crippen molar-refractivity contribution < 1.29 is 14.3 Å². The van der Waals surface area contributed by atoms with Crippen LogP contribution in [0, 0.1) is 0 Å². The van der Waals surface area contributed by atoms with Gasteiger partial charge in [0.1, 0.15) is 0 Å². The zero-order valence-corrected chi connectivity index (χ0v) is 11.4. The summed E-state index contributed by atoms with van der Waals surface area (Å²) in [7, 11) is 0. The van der Waals surface area contributed by atoms with E-state index in [2.05, 4.69) is 15.3 Å². The zero-order chi connectivity index (χ0) is 14.5. The fraction of sp³-hybridized carbons (Fsp3) is 0.267. The molecule has 21 heavy (non-hydrogen) atoms. The minimum atomic E-state index is -0.171. The number of carbonyl (C=O) groups is 1. The average molecular weight is 285 g/mol. The van der Waals surface area contributed by atoms with E-state index >= 15 is 0 Å². The molecule has 0 saturated carbocycles.